The van der Waals surface area contributed by atoms with E-state index < -0.39 is 0 Å². The van der Waals surface area contributed by atoms with Crippen LogP contribution in [0.2, 0.25) is 0 Å². The van der Waals surface area contributed by atoms with E-state index in [1.54, 1.807) is 0 Å². The van der Waals surface area contributed by atoms with Crippen molar-refractivity contribution in [3.8, 4) is 0 Å². The van der Waals surface area contributed by atoms with E-state index in [0.29, 0.717) is 5.92 Å². The van der Waals surface area contributed by atoms with Crippen LogP contribution in [0.25, 0.3) is 0 Å². The van der Waals surface area contributed by atoms with Crippen molar-refractivity contribution in [2.75, 3.05) is 26.3 Å². The Morgan fingerprint density at radius 2 is 2.44 bits per heavy atom. The Morgan fingerprint density at radius 1 is 1.44 bits per heavy atom. The fourth-order valence-electron chi connectivity index (χ4n) is 3.09. The van der Waals surface area contributed by atoms with Crippen molar-refractivity contribution in [3.05, 3.63) is 18.2 Å². The number of nitrogens with one attached hydrogen (secondary N) is 1. The second kappa shape index (κ2) is 5.85. The molecule has 0 saturated carbocycles. The standard InChI is InChI=1S/C14H23N3O/c1-2-13(8-15-5-1)14-9-16-11-17(14)6-3-12-4-7-18-10-12/h9,11-13,15H,1-8,10H2. The molecule has 1 aromatic heterocycles. The molecule has 0 amide bonds. The summed E-state index contributed by atoms with van der Waals surface area (Å²) in [4.78, 5) is 4.35. The molecular weight excluding hydrogens is 226 g/mol. The van der Waals surface area contributed by atoms with Crippen LogP contribution in [0.15, 0.2) is 12.5 Å². The average molecular weight is 249 g/mol. The summed E-state index contributed by atoms with van der Waals surface area (Å²) in [6, 6.07) is 0. The molecule has 0 aromatic carbocycles. The van der Waals surface area contributed by atoms with E-state index in [9.17, 15) is 0 Å². The number of ether oxygens (including phenoxy) is 1. The van der Waals surface area contributed by atoms with Crippen molar-refractivity contribution in [2.45, 2.75) is 38.1 Å². The summed E-state index contributed by atoms with van der Waals surface area (Å²) in [6.07, 6.45) is 9.10. The normalized spacial score (nSPS) is 28.7. The summed E-state index contributed by atoms with van der Waals surface area (Å²) >= 11 is 0. The van der Waals surface area contributed by atoms with Crippen LogP contribution in [-0.2, 0) is 11.3 Å². The van der Waals surface area contributed by atoms with Gasteiger partial charge in [0.1, 0.15) is 0 Å². The molecule has 1 aromatic rings. The largest absolute Gasteiger partial charge is 0.381 e. The highest BCUT2D eigenvalue weighted by molar-refractivity contribution is 5.08. The maximum Gasteiger partial charge on any atom is 0.0948 e. The fraction of sp³-hybridized carbons (Fsp3) is 0.786. The minimum Gasteiger partial charge on any atom is -0.381 e. The van der Waals surface area contributed by atoms with Crippen molar-refractivity contribution < 1.29 is 4.74 Å². The lowest BCUT2D eigenvalue weighted by Crippen LogP contribution is -2.29. The topological polar surface area (TPSA) is 39.1 Å². The molecule has 2 aliphatic heterocycles. The fourth-order valence-corrected chi connectivity index (χ4v) is 3.09. The van der Waals surface area contributed by atoms with Gasteiger partial charge in [-0.05, 0) is 38.1 Å². The number of aryl methyl sites for hydroxylation is 1. The minimum absolute atomic E-state index is 0.654. The summed E-state index contributed by atoms with van der Waals surface area (Å²) in [7, 11) is 0. The van der Waals surface area contributed by atoms with Gasteiger partial charge in [-0.2, -0.15) is 0 Å². The van der Waals surface area contributed by atoms with Crippen LogP contribution in [0.3, 0.4) is 0 Å². The number of aromatic nitrogens is 2. The zero-order valence-electron chi connectivity index (χ0n) is 11.0. The third-order valence-electron chi connectivity index (χ3n) is 4.26. The van der Waals surface area contributed by atoms with Gasteiger partial charge >= 0.3 is 0 Å². The Hall–Kier alpha value is -0.870. The van der Waals surface area contributed by atoms with Crippen molar-refractivity contribution in [1.82, 2.24) is 14.9 Å². The Kier molecular flexibility index (Phi) is 3.96. The van der Waals surface area contributed by atoms with Gasteiger partial charge in [-0.25, -0.2) is 4.98 Å². The second-order valence-corrected chi connectivity index (χ2v) is 5.57. The second-order valence-electron chi connectivity index (χ2n) is 5.57. The summed E-state index contributed by atoms with van der Waals surface area (Å²) in [5, 5.41) is 3.49. The molecule has 0 radical (unpaired) electrons. The van der Waals surface area contributed by atoms with Gasteiger partial charge in [0.05, 0.1) is 6.33 Å². The van der Waals surface area contributed by atoms with E-state index >= 15 is 0 Å². The number of hydrogen-bond acceptors (Lipinski definition) is 3. The lowest BCUT2D eigenvalue weighted by molar-refractivity contribution is 0.183. The van der Waals surface area contributed by atoms with Crippen LogP contribution >= 0.6 is 0 Å². The maximum atomic E-state index is 5.44. The highest BCUT2D eigenvalue weighted by atomic mass is 16.5. The summed E-state index contributed by atoms with van der Waals surface area (Å²) in [5.41, 5.74) is 1.42. The average Bonchev–Trinajstić information content (AvgIpc) is 3.09. The molecule has 100 valence electrons. The number of piperidine rings is 1. The summed E-state index contributed by atoms with van der Waals surface area (Å²) < 4.78 is 7.80. The smallest absolute Gasteiger partial charge is 0.0948 e. The molecule has 4 nitrogen and oxygen atoms in total. The van der Waals surface area contributed by atoms with Crippen molar-refractivity contribution in [2.24, 2.45) is 5.92 Å². The highest BCUT2D eigenvalue weighted by Crippen LogP contribution is 2.24. The molecule has 0 aliphatic carbocycles. The van der Waals surface area contributed by atoms with Crippen molar-refractivity contribution >= 4 is 0 Å². The van der Waals surface area contributed by atoms with Crippen LogP contribution in [0.5, 0.6) is 0 Å². The van der Waals surface area contributed by atoms with Gasteiger partial charge in [0, 0.05) is 44.1 Å². The van der Waals surface area contributed by atoms with Gasteiger partial charge in [0.15, 0.2) is 0 Å². The van der Waals surface area contributed by atoms with Gasteiger partial charge in [-0.1, -0.05) is 0 Å². The van der Waals surface area contributed by atoms with Gasteiger partial charge in [0.25, 0.3) is 0 Å². The Morgan fingerprint density at radius 3 is 3.22 bits per heavy atom. The predicted molar refractivity (Wildman–Crippen MR) is 70.6 cm³/mol. The van der Waals surface area contributed by atoms with E-state index in [1.807, 2.05) is 6.33 Å². The summed E-state index contributed by atoms with van der Waals surface area (Å²) in [5.74, 6) is 1.41. The Bertz CT molecular complexity index is 365. The molecule has 0 spiro atoms. The van der Waals surface area contributed by atoms with Crippen LogP contribution in [0, 0.1) is 5.92 Å². The number of nitrogens with zero attached hydrogens (tertiary/aromatic N) is 2. The lowest BCUT2D eigenvalue weighted by atomic mass is 9.96. The van der Waals surface area contributed by atoms with E-state index in [1.165, 1.54) is 37.9 Å². The molecule has 2 unspecified atom stereocenters. The molecule has 2 fully saturated rings. The first kappa shape index (κ1) is 12.2. The first-order chi connectivity index (χ1) is 8.93. The van der Waals surface area contributed by atoms with Crippen LogP contribution in [0.1, 0.15) is 37.3 Å². The van der Waals surface area contributed by atoms with E-state index in [4.69, 9.17) is 4.74 Å². The minimum atomic E-state index is 0.654. The van der Waals surface area contributed by atoms with Crippen LogP contribution in [0.4, 0.5) is 0 Å². The zero-order chi connectivity index (χ0) is 12.2. The number of rotatable bonds is 4. The molecule has 3 heterocycles. The molecular formula is C14H23N3O. The molecule has 1 N–H and O–H groups in total. The first-order valence-corrected chi connectivity index (χ1v) is 7.22. The third kappa shape index (κ3) is 2.75. The van der Waals surface area contributed by atoms with Gasteiger partial charge < -0.3 is 14.6 Å². The third-order valence-corrected chi connectivity index (χ3v) is 4.26. The molecule has 2 saturated heterocycles. The molecule has 2 atom stereocenters. The van der Waals surface area contributed by atoms with E-state index in [-0.39, 0.29) is 0 Å². The van der Waals surface area contributed by atoms with E-state index in [0.717, 1.165) is 32.2 Å². The quantitative estimate of drug-likeness (QED) is 0.884. The Balaban J connectivity index is 1.59. The van der Waals surface area contributed by atoms with E-state index in [2.05, 4.69) is 21.1 Å². The lowest BCUT2D eigenvalue weighted by Gasteiger charge is -2.24. The van der Waals surface area contributed by atoms with Gasteiger partial charge in [0.2, 0.25) is 0 Å². The molecule has 0 bridgehead atoms. The molecule has 18 heavy (non-hydrogen) atoms. The highest BCUT2D eigenvalue weighted by Gasteiger charge is 2.20. The van der Waals surface area contributed by atoms with Crippen molar-refractivity contribution in [3.63, 3.8) is 0 Å². The number of imidazole rings is 1. The van der Waals surface area contributed by atoms with Gasteiger partial charge in [-0.3, -0.25) is 0 Å². The molecule has 3 rings (SSSR count). The van der Waals surface area contributed by atoms with Crippen molar-refractivity contribution in [1.29, 1.82) is 0 Å². The zero-order valence-corrected chi connectivity index (χ0v) is 11.0. The molecule has 4 heteroatoms. The van der Waals surface area contributed by atoms with Crippen LogP contribution < -0.4 is 5.32 Å². The predicted octanol–water partition coefficient (Wildman–Crippen LogP) is 1.78. The monoisotopic (exact) mass is 249 g/mol. The number of hydrogen-bond donors (Lipinski definition) is 1. The maximum absolute atomic E-state index is 5.44. The summed E-state index contributed by atoms with van der Waals surface area (Å²) in [6.45, 7) is 5.28. The van der Waals surface area contributed by atoms with Gasteiger partial charge in [-0.15, -0.1) is 0 Å². The SMILES string of the molecule is c1ncn(CCC2CCOC2)c1C1CCCNC1. The van der Waals surface area contributed by atoms with Crippen LogP contribution in [-0.4, -0.2) is 35.9 Å². The molecule has 2 aliphatic rings. The Labute approximate surface area is 109 Å². The first-order valence-electron chi connectivity index (χ1n) is 7.22.